The van der Waals surface area contributed by atoms with E-state index in [0.29, 0.717) is 50.8 Å². The number of likely N-dealkylation sites (tertiary alicyclic amines) is 1. The van der Waals surface area contributed by atoms with Crippen molar-refractivity contribution >= 4 is 82.5 Å². The van der Waals surface area contributed by atoms with E-state index < -0.39 is 172 Å². The summed E-state index contributed by atoms with van der Waals surface area (Å²) in [5, 5.41) is 11.0. The van der Waals surface area contributed by atoms with Gasteiger partial charge in [-0.15, -0.1) is 0 Å². The van der Waals surface area contributed by atoms with Gasteiger partial charge in [0.2, 0.25) is 70.9 Å². The highest BCUT2D eigenvalue weighted by Crippen LogP contribution is 2.38. The first-order chi connectivity index (χ1) is 46.8. The maximum absolute atomic E-state index is 15.4. The molecule has 7 rings (SSSR count). The summed E-state index contributed by atoms with van der Waals surface area (Å²) in [5.41, 5.74) is -2.66. The molecule has 4 aliphatic heterocycles. The number of nitrogens with one attached hydrogen (secondary N) is 4. The van der Waals surface area contributed by atoms with Crippen LogP contribution in [0.3, 0.4) is 0 Å². The Morgan fingerprint density at radius 2 is 1.32 bits per heavy atom. The van der Waals surface area contributed by atoms with Gasteiger partial charge in [-0.3, -0.25) is 57.5 Å². The van der Waals surface area contributed by atoms with Crippen molar-refractivity contribution in [3.05, 3.63) is 34.3 Å². The second-order valence-electron chi connectivity index (χ2n) is 30.9. The molecule has 2 aliphatic carbocycles. The van der Waals surface area contributed by atoms with Gasteiger partial charge < -0.3 is 60.5 Å². The quantitative estimate of drug-likeness (QED) is 0.201. The van der Waals surface area contributed by atoms with Gasteiger partial charge >= 0.3 is 6.18 Å². The third kappa shape index (κ3) is 19.0. The van der Waals surface area contributed by atoms with E-state index in [-0.39, 0.29) is 81.7 Å². The number of fused-ring (bicyclic) bond motifs is 2. The van der Waals surface area contributed by atoms with E-state index in [0.717, 1.165) is 49.1 Å². The lowest BCUT2D eigenvalue weighted by molar-refractivity contribution is -0.160. The molecule has 0 radical (unpaired) electrons. The zero-order valence-corrected chi connectivity index (χ0v) is 62.0. The first-order valence-corrected chi connectivity index (χ1v) is 36.5. The van der Waals surface area contributed by atoms with Crippen molar-refractivity contribution in [2.75, 3.05) is 68.0 Å². The summed E-state index contributed by atoms with van der Waals surface area (Å²) >= 11 is 6.15. The smallest absolute Gasteiger partial charge is 0.343 e. The molecule has 0 bridgehead atoms. The van der Waals surface area contributed by atoms with Crippen LogP contribution in [0, 0.1) is 29.1 Å². The second-order valence-corrected chi connectivity index (χ2v) is 31.3. The molecule has 2 saturated carbocycles. The maximum atomic E-state index is 15.4. The van der Waals surface area contributed by atoms with E-state index >= 15 is 19.2 Å². The van der Waals surface area contributed by atoms with Crippen LogP contribution in [0.1, 0.15) is 189 Å². The van der Waals surface area contributed by atoms with Crippen LogP contribution in [0.4, 0.5) is 13.2 Å². The Hall–Kier alpha value is -7.06. The summed E-state index contributed by atoms with van der Waals surface area (Å²) in [5.74, 6) is -9.14. The van der Waals surface area contributed by atoms with Gasteiger partial charge in [0.1, 0.15) is 59.9 Å². The van der Waals surface area contributed by atoms with Crippen LogP contribution < -0.4 is 21.3 Å². The monoisotopic (exact) mass is 1430 g/mol. The fraction of sp³-hybridized carbons (Fsp3) is 0.750. The van der Waals surface area contributed by atoms with Crippen molar-refractivity contribution in [1.29, 1.82) is 0 Å². The van der Waals surface area contributed by atoms with Crippen LogP contribution in [0.15, 0.2) is 18.2 Å². The fourth-order valence-corrected chi connectivity index (χ4v) is 15.8. The number of alkyl halides is 3. The van der Waals surface area contributed by atoms with E-state index in [2.05, 4.69) is 21.3 Å². The summed E-state index contributed by atoms with van der Waals surface area (Å²) in [6.45, 7) is 16.5. The third-order valence-corrected chi connectivity index (χ3v) is 22.3. The number of amides is 12. The minimum Gasteiger partial charge on any atom is -0.343 e. The Labute approximate surface area is 592 Å². The molecule has 0 unspecified atom stereocenters. The fourth-order valence-electron chi connectivity index (χ4n) is 15.4. The van der Waals surface area contributed by atoms with Crippen LogP contribution in [-0.4, -0.2) is 238 Å². The molecular formula is C72H110ClF3N12O12. The van der Waals surface area contributed by atoms with Crippen molar-refractivity contribution in [2.24, 2.45) is 29.1 Å². The third-order valence-electron chi connectivity index (χ3n) is 22.0. The molecule has 0 aromatic heterocycles. The second kappa shape index (κ2) is 33.8. The van der Waals surface area contributed by atoms with Gasteiger partial charge in [-0.1, -0.05) is 124 Å². The van der Waals surface area contributed by atoms with E-state index in [9.17, 15) is 51.5 Å². The zero-order chi connectivity index (χ0) is 74.2. The highest BCUT2D eigenvalue weighted by molar-refractivity contribution is 6.31. The molecule has 4 heterocycles. The molecule has 1 aromatic carbocycles. The first-order valence-electron chi connectivity index (χ1n) is 36.1. The van der Waals surface area contributed by atoms with Crippen LogP contribution in [0.25, 0.3) is 0 Å². The Morgan fingerprint density at radius 3 is 1.89 bits per heavy atom. The van der Waals surface area contributed by atoms with Crippen molar-refractivity contribution in [2.45, 2.75) is 250 Å². The lowest BCUT2D eigenvalue weighted by atomic mass is 9.84. The van der Waals surface area contributed by atoms with Crippen LogP contribution in [0.5, 0.6) is 0 Å². The summed E-state index contributed by atoms with van der Waals surface area (Å²) in [6, 6.07) is -7.97. The molecule has 1 spiro atoms. The molecule has 6 fully saturated rings. The minimum absolute atomic E-state index is 0.0216. The zero-order valence-electron chi connectivity index (χ0n) is 61.2. The Morgan fingerprint density at radius 1 is 0.670 bits per heavy atom. The number of nitrogens with zero attached hydrogens (tertiary/aromatic N) is 8. The van der Waals surface area contributed by atoms with Gasteiger partial charge in [0.25, 0.3) is 0 Å². The first kappa shape index (κ1) is 80.3. The molecule has 10 atom stereocenters. The number of hydrogen-bond donors (Lipinski definition) is 4. The molecular weight excluding hydrogens is 1320 g/mol. The molecule has 28 heteroatoms. The number of likely N-dealkylation sites (N-methyl/N-ethyl adjacent to an activating group) is 5. The predicted molar refractivity (Wildman–Crippen MR) is 369 cm³/mol. The molecule has 12 amide bonds. The molecule has 24 nitrogen and oxygen atoms in total. The van der Waals surface area contributed by atoms with Gasteiger partial charge in [-0.2, -0.15) is 13.2 Å². The number of carbonyl (C=O) groups excluding carboxylic acids is 12. The SMILES string of the molecule is CC[C@H](C)[C@@H]1NC(=O)[C@H](CC(C)C)N(C)C(=O)C[C@@H](C(=O)N2CCC(C)(C)C2)NC(=O)[C@H](C(C)C)N(C)C(=O)C2(CCCC2)NC(=O)[C@@H]2CCCN2C(=O)[C@H](CCc2ccc(C(F)(F)F)c(Cl)c2)NC(=O)CN(C)C(=O)[C@H](CC2CCCCC2)N(C)C(=O)[C@@H]2CCN2C(=O)[C@H](C)N(C)C1=O. The number of halogens is 4. The largest absolute Gasteiger partial charge is 0.417 e. The van der Waals surface area contributed by atoms with Crippen molar-refractivity contribution < 1.29 is 70.7 Å². The maximum Gasteiger partial charge on any atom is 0.417 e. The summed E-state index contributed by atoms with van der Waals surface area (Å²) < 4.78 is 41.6. The Kier molecular flexibility index (Phi) is 27.1. The lowest BCUT2D eigenvalue weighted by Gasteiger charge is -2.45. The van der Waals surface area contributed by atoms with E-state index in [1.807, 2.05) is 34.6 Å². The average Bonchev–Trinajstić information content (AvgIpc) is 1.56. The van der Waals surface area contributed by atoms with Crippen LogP contribution >= 0.6 is 11.6 Å². The van der Waals surface area contributed by atoms with Gasteiger partial charge in [0.15, 0.2) is 0 Å². The minimum atomic E-state index is -4.76. The Bertz CT molecular complexity index is 3190. The van der Waals surface area contributed by atoms with Gasteiger partial charge in [0, 0.05) is 61.4 Å². The van der Waals surface area contributed by atoms with E-state index in [1.54, 1.807) is 25.7 Å². The number of benzene rings is 1. The van der Waals surface area contributed by atoms with Crippen molar-refractivity contribution in [1.82, 2.24) is 60.5 Å². The highest BCUT2D eigenvalue weighted by Gasteiger charge is 2.51. The highest BCUT2D eigenvalue weighted by atomic mass is 35.5. The average molecular weight is 1430 g/mol. The van der Waals surface area contributed by atoms with Gasteiger partial charge in [0.05, 0.1) is 23.6 Å². The summed E-state index contributed by atoms with van der Waals surface area (Å²) in [7, 11) is 7.15. The summed E-state index contributed by atoms with van der Waals surface area (Å²) in [6.07, 6.45) is 2.07. The molecule has 4 N–H and O–H groups in total. The topological polar surface area (TPSA) is 279 Å². The molecule has 558 valence electrons. The predicted octanol–water partition coefficient (Wildman–Crippen LogP) is 5.93. The standard InChI is InChI=1S/C72H110ClF3N12O12/c1-15-44(6)58-68(99)82(11)45(7)63(94)88-34-29-53(88)67(98)84(13)55(38-46-22-17-16-18-23-46)66(97)81(10)40-56(89)77-50(28-26-47-25-27-48(49(73)37-47)72(74,75)76)65(96)87-33-21-24-52(87)61(92)80-71(30-19-20-31-71)69(100)85(14)59(43(4)5)62(93)78-51(64(95)86-35-32-70(8,9)41-86)39-57(90)83(12)54(36-42(2)3)60(91)79-58/h25,27,37,42-46,50-55,58-59H,15-24,26,28-36,38-41H2,1-14H3,(H,77,89)(H,78,93)(H,79,91)(H,80,92)/t44-,45-,50-,51-,52-,53-,54-,55-,58-,59-/m0/s1. The van der Waals surface area contributed by atoms with Gasteiger partial charge in [-0.05, 0) is 118 Å². The normalized spacial score (nSPS) is 28.1. The van der Waals surface area contributed by atoms with Crippen LogP contribution in [-0.2, 0) is 70.1 Å². The van der Waals surface area contributed by atoms with Crippen LogP contribution in [0.2, 0.25) is 5.02 Å². The molecule has 1 aromatic rings. The molecule has 6 aliphatic rings. The Balaban J connectivity index is 1.28. The van der Waals surface area contributed by atoms with Crippen molar-refractivity contribution in [3.8, 4) is 0 Å². The van der Waals surface area contributed by atoms with Crippen molar-refractivity contribution in [3.63, 3.8) is 0 Å². The number of carbonyl (C=O) groups is 12. The van der Waals surface area contributed by atoms with E-state index in [4.69, 9.17) is 11.6 Å². The number of rotatable bonds is 11. The molecule has 100 heavy (non-hydrogen) atoms. The summed E-state index contributed by atoms with van der Waals surface area (Å²) in [4.78, 5) is 190. The molecule has 4 saturated heterocycles. The van der Waals surface area contributed by atoms with Gasteiger partial charge in [-0.25, -0.2) is 0 Å². The lowest BCUT2D eigenvalue weighted by Crippen LogP contribution is -2.65. The number of aryl methyl sites for hydroxylation is 1. The number of hydrogen-bond acceptors (Lipinski definition) is 12. The van der Waals surface area contributed by atoms with E-state index in [1.165, 1.54) is 77.6 Å².